The predicted octanol–water partition coefficient (Wildman–Crippen LogP) is 4.19. The highest BCUT2D eigenvalue weighted by atomic mass is 32.1. The van der Waals surface area contributed by atoms with Crippen LogP contribution in [-0.2, 0) is 11.3 Å². The van der Waals surface area contributed by atoms with Crippen molar-refractivity contribution in [2.24, 2.45) is 17.1 Å². The van der Waals surface area contributed by atoms with E-state index < -0.39 is 0 Å². The number of hydrogen-bond donors (Lipinski definition) is 1. The van der Waals surface area contributed by atoms with Gasteiger partial charge in [-0.15, -0.1) is 0 Å². The molecule has 0 aromatic heterocycles. The van der Waals surface area contributed by atoms with E-state index in [9.17, 15) is 4.39 Å². The average molecular weight is 309 g/mol. The molecule has 2 atom stereocenters. The number of hydrogen-bond acceptors (Lipinski definition) is 2. The van der Waals surface area contributed by atoms with E-state index in [1.54, 1.807) is 18.2 Å². The topological polar surface area (TPSA) is 35.2 Å². The molecule has 1 aliphatic rings. The molecule has 1 fully saturated rings. The summed E-state index contributed by atoms with van der Waals surface area (Å²) in [7, 11) is 0. The van der Waals surface area contributed by atoms with Crippen LogP contribution in [0.5, 0.6) is 0 Å². The number of nitrogens with two attached hydrogens (primary N) is 1. The van der Waals surface area contributed by atoms with Crippen LogP contribution in [0.4, 0.5) is 4.39 Å². The van der Waals surface area contributed by atoms with Gasteiger partial charge in [-0.3, -0.25) is 0 Å². The van der Waals surface area contributed by atoms with Gasteiger partial charge in [0.05, 0.1) is 12.7 Å². The van der Waals surface area contributed by atoms with E-state index in [4.69, 9.17) is 22.7 Å². The van der Waals surface area contributed by atoms with E-state index in [2.05, 4.69) is 20.8 Å². The van der Waals surface area contributed by atoms with Crippen molar-refractivity contribution in [3.8, 4) is 0 Å². The van der Waals surface area contributed by atoms with E-state index in [-0.39, 0.29) is 23.5 Å². The fourth-order valence-electron chi connectivity index (χ4n) is 3.47. The molecular weight excluding hydrogens is 285 g/mol. The normalized spacial score (nSPS) is 24.8. The van der Waals surface area contributed by atoms with Crippen molar-refractivity contribution in [3.05, 3.63) is 35.1 Å². The Bertz CT molecular complexity index is 530. The second kappa shape index (κ2) is 6.41. The number of ether oxygens (including phenoxy) is 1. The molecule has 0 aliphatic heterocycles. The molecular formula is C17H24FNOS. The van der Waals surface area contributed by atoms with Gasteiger partial charge >= 0.3 is 0 Å². The Labute approximate surface area is 131 Å². The van der Waals surface area contributed by atoms with Gasteiger partial charge in [-0.2, -0.15) is 0 Å². The molecule has 1 aromatic carbocycles. The Morgan fingerprint density at radius 3 is 2.76 bits per heavy atom. The van der Waals surface area contributed by atoms with Crippen LogP contribution in [0.2, 0.25) is 0 Å². The van der Waals surface area contributed by atoms with Crippen molar-refractivity contribution >= 4 is 17.2 Å². The van der Waals surface area contributed by atoms with Gasteiger partial charge in [0, 0.05) is 11.1 Å². The monoisotopic (exact) mass is 309 g/mol. The van der Waals surface area contributed by atoms with Gasteiger partial charge in [0.1, 0.15) is 10.8 Å². The number of rotatable bonds is 4. The summed E-state index contributed by atoms with van der Waals surface area (Å²) in [5.41, 5.74) is 6.64. The highest BCUT2D eigenvalue weighted by Gasteiger charge is 2.32. The lowest BCUT2D eigenvalue weighted by Crippen LogP contribution is -2.32. The van der Waals surface area contributed by atoms with Crippen molar-refractivity contribution in [1.82, 2.24) is 0 Å². The maximum absolute atomic E-state index is 14.3. The van der Waals surface area contributed by atoms with Crippen molar-refractivity contribution < 1.29 is 9.13 Å². The molecule has 4 heteroatoms. The average Bonchev–Trinajstić information content (AvgIpc) is 2.34. The van der Waals surface area contributed by atoms with Crippen molar-refractivity contribution in [3.63, 3.8) is 0 Å². The summed E-state index contributed by atoms with van der Waals surface area (Å²) in [5, 5.41) is 0. The first kappa shape index (κ1) is 16.4. The summed E-state index contributed by atoms with van der Waals surface area (Å²) >= 11 is 4.86. The molecule has 0 spiro atoms. The molecule has 2 rings (SSSR count). The minimum atomic E-state index is -0.354. The minimum Gasteiger partial charge on any atom is -0.389 e. The number of benzene rings is 1. The van der Waals surface area contributed by atoms with E-state index in [0.29, 0.717) is 22.5 Å². The maximum Gasteiger partial charge on any atom is 0.138 e. The Morgan fingerprint density at radius 2 is 2.14 bits per heavy atom. The molecule has 0 bridgehead atoms. The van der Waals surface area contributed by atoms with Gasteiger partial charge in [-0.25, -0.2) is 4.39 Å². The molecule has 1 aromatic rings. The predicted molar refractivity (Wildman–Crippen MR) is 87.7 cm³/mol. The van der Waals surface area contributed by atoms with Crippen LogP contribution in [0, 0.1) is 17.2 Å². The zero-order chi connectivity index (χ0) is 15.6. The van der Waals surface area contributed by atoms with E-state index >= 15 is 0 Å². The van der Waals surface area contributed by atoms with Gasteiger partial charge in [0.25, 0.3) is 0 Å². The Morgan fingerprint density at radius 1 is 1.43 bits per heavy atom. The summed E-state index contributed by atoms with van der Waals surface area (Å²) in [6.45, 7) is 7.07. The number of thiocarbonyl (C=S) groups is 1. The highest BCUT2D eigenvalue weighted by molar-refractivity contribution is 7.80. The zero-order valence-corrected chi connectivity index (χ0v) is 13.8. The molecule has 1 aliphatic carbocycles. The number of halogens is 1. The van der Waals surface area contributed by atoms with Crippen LogP contribution in [0.15, 0.2) is 18.2 Å². The Hall–Kier alpha value is -1.00. The first-order valence-electron chi connectivity index (χ1n) is 7.47. The van der Waals surface area contributed by atoms with Crippen molar-refractivity contribution in [2.45, 2.75) is 52.7 Å². The van der Waals surface area contributed by atoms with Gasteiger partial charge in [0.15, 0.2) is 0 Å². The summed E-state index contributed by atoms with van der Waals surface area (Å²) in [4.78, 5) is 0.0850. The second-order valence-electron chi connectivity index (χ2n) is 6.99. The van der Waals surface area contributed by atoms with Crippen LogP contribution >= 0.6 is 12.2 Å². The third-order valence-electron chi connectivity index (χ3n) is 4.17. The SMILES string of the molecule is CC1CC(OCc2cccc(C(N)=S)c2F)CC(C)(C)C1. The lowest BCUT2D eigenvalue weighted by Gasteiger charge is -2.38. The molecule has 116 valence electrons. The highest BCUT2D eigenvalue weighted by Crippen LogP contribution is 2.39. The van der Waals surface area contributed by atoms with Gasteiger partial charge < -0.3 is 10.5 Å². The summed E-state index contributed by atoms with van der Waals surface area (Å²) < 4.78 is 20.2. The third kappa shape index (κ3) is 4.24. The second-order valence-corrected chi connectivity index (χ2v) is 7.43. The van der Waals surface area contributed by atoms with Crippen molar-refractivity contribution in [1.29, 1.82) is 0 Å². The summed E-state index contributed by atoms with van der Waals surface area (Å²) in [6.07, 6.45) is 3.48. The largest absolute Gasteiger partial charge is 0.389 e. The van der Waals surface area contributed by atoms with Crippen LogP contribution < -0.4 is 5.73 Å². The molecule has 0 saturated heterocycles. The standard InChI is InChI=1S/C17H24FNOS/c1-11-7-13(9-17(2,3)8-11)20-10-12-5-4-6-14(15(12)18)16(19)21/h4-6,11,13H,7-10H2,1-3H3,(H2,19,21). The smallest absolute Gasteiger partial charge is 0.138 e. The lowest BCUT2D eigenvalue weighted by molar-refractivity contribution is -0.0324. The molecule has 0 heterocycles. The molecule has 2 N–H and O–H groups in total. The fraction of sp³-hybridized carbons (Fsp3) is 0.588. The van der Waals surface area contributed by atoms with Gasteiger partial charge in [-0.05, 0) is 36.7 Å². The first-order valence-corrected chi connectivity index (χ1v) is 7.88. The molecule has 0 radical (unpaired) electrons. The molecule has 0 amide bonds. The van der Waals surface area contributed by atoms with Gasteiger partial charge in [0.2, 0.25) is 0 Å². The minimum absolute atomic E-state index is 0.0850. The zero-order valence-electron chi connectivity index (χ0n) is 13.0. The maximum atomic E-state index is 14.3. The molecule has 1 saturated carbocycles. The quantitative estimate of drug-likeness (QED) is 0.847. The lowest BCUT2D eigenvalue weighted by atomic mass is 9.71. The Balaban J connectivity index is 2.03. The van der Waals surface area contributed by atoms with E-state index in [0.717, 1.165) is 12.8 Å². The van der Waals surface area contributed by atoms with Crippen LogP contribution in [0.25, 0.3) is 0 Å². The first-order chi connectivity index (χ1) is 9.78. The summed E-state index contributed by atoms with van der Waals surface area (Å²) in [5.74, 6) is 0.291. The molecule has 21 heavy (non-hydrogen) atoms. The van der Waals surface area contributed by atoms with Crippen LogP contribution in [-0.4, -0.2) is 11.1 Å². The van der Waals surface area contributed by atoms with Crippen molar-refractivity contribution in [2.75, 3.05) is 0 Å². The Kier molecular flexibility index (Phi) is 4.99. The van der Waals surface area contributed by atoms with Crippen LogP contribution in [0.1, 0.15) is 51.2 Å². The molecule has 2 nitrogen and oxygen atoms in total. The van der Waals surface area contributed by atoms with E-state index in [1.165, 1.54) is 6.42 Å². The van der Waals surface area contributed by atoms with Crippen LogP contribution in [0.3, 0.4) is 0 Å². The summed E-state index contributed by atoms with van der Waals surface area (Å²) in [6, 6.07) is 5.10. The third-order valence-corrected chi connectivity index (χ3v) is 4.39. The fourth-order valence-corrected chi connectivity index (χ4v) is 3.63. The van der Waals surface area contributed by atoms with E-state index in [1.807, 2.05) is 0 Å². The van der Waals surface area contributed by atoms with Gasteiger partial charge in [-0.1, -0.05) is 45.1 Å². The molecule has 2 unspecified atom stereocenters.